The van der Waals surface area contributed by atoms with Crippen LogP contribution in [0.2, 0.25) is 5.02 Å². The molecular weight excluding hydrogens is 1260 g/mol. The lowest BCUT2D eigenvalue weighted by Crippen LogP contribution is -2.44. The van der Waals surface area contributed by atoms with Gasteiger partial charge in [-0.05, 0) is 181 Å². The van der Waals surface area contributed by atoms with Crippen LogP contribution in [0.1, 0.15) is 100 Å². The van der Waals surface area contributed by atoms with Crippen molar-refractivity contribution in [2.24, 2.45) is 0 Å². The Labute approximate surface area is 604 Å². The van der Waals surface area contributed by atoms with Gasteiger partial charge in [0.1, 0.15) is 0 Å². The number of fused-ring (bicyclic) bond motifs is 38. The Hall–Kier alpha value is -12.4. The molecule has 0 saturated heterocycles. The molecule has 7 aliphatic carbocycles. The summed E-state index contributed by atoms with van der Waals surface area (Å²) in [4.78, 5) is 0. The van der Waals surface area contributed by atoms with Gasteiger partial charge >= 0.3 is 0 Å². The molecule has 103 heavy (non-hydrogen) atoms. The molecular formula is C101H64ClN. The molecule has 0 saturated carbocycles. The molecule has 1 heterocycles. The monoisotopic (exact) mass is 1330 g/mol. The van der Waals surface area contributed by atoms with Gasteiger partial charge in [-0.15, -0.1) is 0 Å². The van der Waals surface area contributed by atoms with Crippen molar-refractivity contribution in [1.29, 1.82) is 0 Å². The summed E-state index contributed by atoms with van der Waals surface area (Å²) in [5.74, 6) is 0. The molecule has 16 aromatic carbocycles. The topological polar surface area (TPSA) is 4.93 Å². The first-order chi connectivity index (χ1) is 51.1. The number of hydrogen-bond donors (Lipinski definition) is 0. The summed E-state index contributed by atoms with van der Waals surface area (Å²) in [5, 5.41) is 3.36. The number of para-hydroxylation sites is 2. The summed E-state index contributed by atoms with van der Waals surface area (Å²) in [6, 6.07) is 140. The fraction of sp³-hybridized carbons (Fsp3) is 0.0495. The summed E-state index contributed by atoms with van der Waals surface area (Å²) >= 11 is 7.43. The van der Waals surface area contributed by atoms with Crippen molar-refractivity contribution in [1.82, 2.24) is 4.57 Å². The lowest BCUT2D eigenvalue weighted by molar-refractivity contribution is 0.630. The van der Waals surface area contributed by atoms with Gasteiger partial charge in [0.2, 0.25) is 0 Å². The minimum Gasteiger partial charge on any atom is -0.309 e. The third kappa shape index (κ3) is 7.36. The quantitative estimate of drug-likeness (QED) is 0.154. The molecule has 0 atom stereocenters. The van der Waals surface area contributed by atoms with E-state index in [4.69, 9.17) is 11.6 Å². The summed E-state index contributed by atoms with van der Waals surface area (Å²) in [7, 11) is 0. The Morgan fingerprint density at radius 2 is 0.437 bits per heavy atom. The van der Waals surface area contributed by atoms with Gasteiger partial charge in [-0.25, -0.2) is 0 Å². The highest BCUT2D eigenvalue weighted by atomic mass is 35.5. The van der Waals surface area contributed by atoms with Crippen LogP contribution in [0, 0.1) is 0 Å². The van der Waals surface area contributed by atoms with Gasteiger partial charge in [0, 0.05) is 21.4 Å². The summed E-state index contributed by atoms with van der Waals surface area (Å²) in [6.45, 7) is 0. The van der Waals surface area contributed by atoms with Gasteiger partial charge in [-0.1, -0.05) is 363 Å². The van der Waals surface area contributed by atoms with Crippen molar-refractivity contribution in [3.8, 4) is 61.3 Å². The van der Waals surface area contributed by atoms with Crippen LogP contribution in [0.3, 0.4) is 0 Å². The van der Waals surface area contributed by atoms with E-state index in [9.17, 15) is 0 Å². The molecule has 4 spiro atoms. The molecule has 0 bridgehead atoms. The predicted octanol–water partition coefficient (Wildman–Crippen LogP) is 24.5. The van der Waals surface area contributed by atoms with Gasteiger partial charge in [0.15, 0.2) is 0 Å². The first-order valence-corrected chi connectivity index (χ1v) is 36.5. The molecule has 1 aromatic heterocycles. The van der Waals surface area contributed by atoms with Crippen molar-refractivity contribution in [2.75, 3.05) is 0 Å². The van der Waals surface area contributed by atoms with Gasteiger partial charge in [0.25, 0.3) is 0 Å². The van der Waals surface area contributed by atoms with Gasteiger partial charge in [-0.2, -0.15) is 0 Å². The Kier molecular flexibility index (Phi) is 12.4. The van der Waals surface area contributed by atoms with E-state index >= 15 is 0 Å². The number of benzene rings is 16. The molecule has 1 nitrogen and oxygen atoms in total. The second-order valence-corrected chi connectivity index (χ2v) is 29.1. The van der Waals surface area contributed by atoms with Crippen LogP contribution < -0.4 is 0 Å². The zero-order valence-electron chi connectivity index (χ0n) is 56.3. The van der Waals surface area contributed by atoms with Crippen LogP contribution in [0.15, 0.2) is 376 Å². The van der Waals surface area contributed by atoms with E-state index in [1.807, 2.05) is 0 Å². The normalized spacial score (nSPS) is 14.9. The number of nitrogens with zero attached hydrogens (tertiary/aromatic N) is 1. The lowest BCUT2D eigenvalue weighted by atomic mass is 9.52. The molecule has 0 amide bonds. The fourth-order valence-corrected chi connectivity index (χ4v) is 21.3. The van der Waals surface area contributed by atoms with E-state index < -0.39 is 21.7 Å². The Morgan fingerprint density at radius 1 is 0.194 bits per heavy atom. The third-order valence-electron chi connectivity index (χ3n) is 24.4. The van der Waals surface area contributed by atoms with E-state index in [0.717, 1.165) is 11.4 Å². The minimum absolute atomic E-state index is 0.457. The molecule has 0 radical (unpaired) electrons. The Morgan fingerprint density at radius 3 is 0.796 bits per heavy atom. The first kappa shape index (κ1) is 58.4. The number of halogens is 1. The molecule has 480 valence electrons. The zero-order valence-corrected chi connectivity index (χ0v) is 57.1. The van der Waals surface area contributed by atoms with Crippen molar-refractivity contribution in [3.05, 3.63) is 481 Å². The maximum atomic E-state index is 7.43. The Bertz CT molecular complexity index is 6190. The minimum atomic E-state index is -0.556. The highest BCUT2D eigenvalue weighted by Gasteiger charge is 2.62. The highest BCUT2D eigenvalue weighted by molar-refractivity contribution is 6.32. The summed E-state index contributed by atoms with van der Waals surface area (Å²) < 4.78 is 2.56. The van der Waals surface area contributed by atoms with Gasteiger partial charge < -0.3 is 4.57 Å². The van der Waals surface area contributed by atoms with Crippen molar-refractivity contribution >= 4 is 33.4 Å². The molecule has 0 N–H and O–H groups in total. The predicted molar refractivity (Wildman–Crippen MR) is 423 cm³/mol. The molecule has 24 rings (SSSR count). The van der Waals surface area contributed by atoms with Crippen LogP contribution in [-0.2, 0) is 28.1 Å². The maximum absolute atomic E-state index is 7.43. The molecule has 7 aliphatic rings. The van der Waals surface area contributed by atoms with Crippen LogP contribution in [-0.4, -0.2) is 4.57 Å². The summed E-state index contributed by atoms with van der Waals surface area (Å²) in [6.07, 6.45) is 1.10. The molecule has 0 fully saturated rings. The number of hydrogen-bond acceptors (Lipinski definition) is 0. The standard InChI is InChI=1S/C50H31N.C38H23Cl.C13H10/c1-7-22-38-32(16-1)33-17-2-8-23-39(33)49(38)42-26-11-12-27-43(42)50(40-24-9-3-18-34(40)35-19-4-10-25-41(35)50)48-44(49)28-15-31-47(48)51-45-29-13-5-20-36(45)37-21-6-14-30-46(37)51;39-35-23-11-22-34-36(35)38(30-18-7-3-14-26(30)27-15-4-8-19-31(27)38)33-21-10-9-20-32(33)37(34)28-16-5-1-12-24(28)25-13-2-6-17-29(25)37;1-3-7-12-10(5-1)9-11-6-2-4-8-13(11)12/h1-31H;1-23H;1-8H,9H2. The smallest absolute Gasteiger partial charge is 0.0740 e. The second kappa shape index (κ2) is 21.8. The summed E-state index contributed by atoms with van der Waals surface area (Å²) in [5.41, 5.74) is 39.1. The second-order valence-electron chi connectivity index (χ2n) is 28.7. The highest BCUT2D eigenvalue weighted by Crippen LogP contribution is 2.71. The first-order valence-electron chi connectivity index (χ1n) is 36.1. The van der Waals surface area contributed by atoms with Gasteiger partial charge in [-0.3, -0.25) is 0 Å². The lowest BCUT2D eigenvalue weighted by Gasteiger charge is -2.49. The van der Waals surface area contributed by atoms with E-state index in [1.54, 1.807) is 0 Å². The van der Waals surface area contributed by atoms with Crippen LogP contribution >= 0.6 is 11.6 Å². The van der Waals surface area contributed by atoms with E-state index in [1.165, 1.54) is 183 Å². The molecule has 0 aliphatic heterocycles. The zero-order chi connectivity index (χ0) is 67.8. The van der Waals surface area contributed by atoms with Crippen molar-refractivity contribution in [2.45, 2.75) is 28.1 Å². The third-order valence-corrected chi connectivity index (χ3v) is 24.7. The maximum Gasteiger partial charge on any atom is 0.0740 e. The average Bonchev–Trinajstić information content (AvgIpc) is 1.54. The van der Waals surface area contributed by atoms with Crippen molar-refractivity contribution in [3.63, 3.8) is 0 Å². The fourth-order valence-electron chi connectivity index (χ4n) is 21.0. The largest absolute Gasteiger partial charge is 0.309 e. The van der Waals surface area contributed by atoms with Gasteiger partial charge in [0.05, 0.1) is 38.4 Å². The molecule has 17 aromatic rings. The molecule has 0 unspecified atom stereocenters. The van der Waals surface area contributed by atoms with Crippen molar-refractivity contribution < 1.29 is 0 Å². The number of aromatic nitrogens is 1. The van der Waals surface area contributed by atoms with E-state index in [2.05, 4.69) is 381 Å². The molecule has 2 heteroatoms. The Balaban J connectivity index is 0.000000113. The average molecular weight is 1330 g/mol. The SMILES string of the molecule is Clc1cccc2c1C1(c3ccccc3-c3ccccc31)c1ccccc1C21c2ccccc2-c2ccccc21.c1ccc2c(c1)-c1ccccc1C21c2ccccc2C2(c3ccccc3-c3ccccc32)c2c(-n3c4ccccc4c4ccccc43)cccc21.c1ccc2c(c1)Cc1ccccc1-2. The van der Waals surface area contributed by atoms with E-state index in [0.29, 0.717) is 0 Å². The number of rotatable bonds is 1. The van der Waals surface area contributed by atoms with Crippen LogP contribution in [0.25, 0.3) is 83.1 Å². The van der Waals surface area contributed by atoms with Crippen LogP contribution in [0.4, 0.5) is 0 Å². The van der Waals surface area contributed by atoms with E-state index in [-0.39, 0.29) is 0 Å². The van der Waals surface area contributed by atoms with Crippen LogP contribution in [0.5, 0.6) is 0 Å².